The highest BCUT2D eigenvalue weighted by molar-refractivity contribution is 5.96. The molecule has 0 aromatic rings. The van der Waals surface area contributed by atoms with Gasteiger partial charge >= 0.3 is 5.97 Å². The molecule has 8 amide bonds. The van der Waals surface area contributed by atoms with Crippen LogP contribution in [0.4, 0.5) is 0 Å². The lowest BCUT2D eigenvalue weighted by molar-refractivity contribution is -0.144. The predicted octanol–water partition coefficient (Wildman–Crippen LogP) is -2.13. The molecule has 0 aliphatic carbocycles. The summed E-state index contributed by atoms with van der Waals surface area (Å²) in [6, 6.07) is -9.19. The van der Waals surface area contributed by atoms with E-state index >= 15 is 0 Å². The molecular weight excluding hydrogens is 798 g/mol. The van der Waals surface area contributed by atoms with E-state index in [0.717, 1.165) is 0 Å². The largest absolute Gasteiger partial charge is 0.480 e. The first-order valence-electron chi connectivity index (χ1n) is 20.8. The van der Waals surface area contributed by atoms with E-state index in [1.807, 2.05) is 20.8 Å². The first-order chi connectivity index (χ1) is 28.2. The lowest BCUT2D eigenvalue weighted by Gasteiger charge is -2.32. The van der Waals surface area contributed by atoms with Crippen molar-refractivity contribution in [1.29, 1.82) is 0 Å². The number of carboxylic acid groups (broad SMARTS) is 1. The van der Waals surface area contributed by atoms with E-state index in [9.17, 15) is 58.5 Å². The van der Waals surface area contributed by atoms with E-state index in [1.165, 1.54) is 0 Å². The molecule has 0 saturated heterocycles. The number of hydrogen-bond donors (Lipinski definition) is 12. The number of amides is 8. The Kier molecular flexibility index (Phi) is 25.0. The molecule has 0 aromatic heterocycles. The van der Waals surface area contributed by atoms with Crippen molar-refractivity contribution in [2.45, 2.75) is 156 Å². The molecule has 0 aromatic carbocycles. The maximum Gasteiger partial charge on any atom is 0.326 e. The number of primary amides is 2. The highest BCUT2D eigenvalue weighted by Gasteiger charge is 2.37. The summed E-state index contributed by atoms with van der Waals surface area (Å²) in [5.74, 6) is -10.8. The van der Waals surface area contributed by atoms with Gasteiger partial charge < -0.3 is 64.4 Å². The zero-order valence-electron chi connectivity index (χ0n) is 37.3. The van der Waals surface area contributed by atoms with E-state index < -0.39 is 145 Å². The van der Waals surface area contributed by atoms with Crippen molar-refractivity contribution < 1.29 is 58.5 Å². The third kappa shape index (κ3) is 20.0. The van der Waals surface area contributed by atoms with Gasteiger partial charge in [0.1, 0.15) is 30.2 Å². The summed E-state index contributed by atoms with van der Waals surface area (Å²) < 4.78 is 0. The van der Waals surface area contributed by atoms with Crippen LogP contribution in [0.5, 0.6) is 0 Å². The van der Waals surface area contributed by atoms with E-state index in [4.69, 9.17) is 17.2 Å². The first-order valence-corrected chi connectivity index (χ1v) is 20.8. The molecule has 0 radical (unpaired) electrons. The van der Waals surface area contributed by atoms with E-state index in [-0.39, 0.29) is 31.1 Å². The van der Waals surface area contributed by atoms with E-state index in [2.05, 4.69) is 31.9 Å². The minimum atomic E-state index is -1.67. The van der Waals surface area contributed by atoms with Gasteiger partial charge in [0, 0.05) is 12.3 Å². The predicted molar refractivity (Wildman–Crippen MR) is 224 cm³/mol. The summed E-state index contributed by atoms with van der Waals surface area (Å²) in [4.78, 5) is 116. The molecule has 0 rings (SSSR count). The second kappa shape index (κ2) is 27.1. The van der Waals surface area contributed by atoms with Crippen LogP contribution in [0, 0.1) is 35.5 Å². The monoisotopic (exact) mass is 872 g/mol. The molecule has 0 aliphatic rings. The topological polar surface area (TPSA) is 365 Å². The summed E-state index contributed by atoms with van der Waals surface area (Å²) >= 11 is 0. The third-order valence-electron chi connectivity index (χ3n) is 10.4. The SMILES string of the molecule is CCC(C)C(NC(=O)C(CC(O)C(CC(C)C)NC(=O)C(CC(N)=O)NC(=O)C(CCC(N)=O)NC(=O)C(CO)NC(=O)C(N)C(C)C)C(C)C)C(=O)NC(C(=O)O)C(C)C. The van der Waals surface area contributed by atoms with Gasteiger partial charge in [-0.05, 0) is 48.9 Å². The molecule has 350 valence electrons. The second-order valence-electron chi connectivity index (χ2n) is 17.1. The fourth-order valence-corrected chi connectivity index (χ4v) is 6.20. The molecular formula is C40H73N9O12. The standard InChI is InChI=1S/C40H73N9O12/c1-11-22(10)33(39(59)48-32(21(8)9)40(60)61)49-34(54)23(19(4)5)15-28(51)25(14-18(2)3)45-36(56)26(16-30(42)53)46-35(55)24(12-13-29(41)52)44-37(57)27(17-50)47-38(58)31(43)20(6)7/h18-28,31-33,50-51H,11-17,43H2,1-10H3,(H2,41,52)(H2,42,53)(H,44,57)(H,45,56)(H,46,55)(H,47,58)(H,48,59)(H,49,54)(H,60,61). The Morgan fingerprint density at radius 1 is 0.574 bits per heavy atom. The van der Waals surface area contributed by atoms with Crippen LogP contribution in [0.25, 0.3) is 0 Å². The number of aliphatic carboxylic acids is 1. The fourth-order valence-electron chi connectivity index (χ4n) is 6.20. The summed E-state index contributed by atoms with van der Waals surface area (Å²) in [6.45, 7) is 16.3. The minimum absolute atomic E-state index is 0.138. The molecule has 15 N–H and O–H groups in total. The molecule has 10 unspecified atom stereocenters. The van der Waals surface area contributed by atoms with Crippen molar-refractivity contribution in [2.75, 3.05) is 6.61 Å². The molecule has 61 heavy (non-hydrogen) atoms. The van der Waals surface area contributed by atoms with Gasteiger partial charge in [0.15, 0.2) is 0 Å². The summed E-state index contributed by atoms with van der Waals surface area (Å²) in [5, 5.41) is 45.9. The molecule has 0 fully saturated rings. The minimum Gasteiger partial charge on any atom is -0.480 e. The van der Waals surface area contributed by atoms with E-state index in [0.29, 0.717) is 6.42 Å². The number of carbonyl (C=O) groups excluding carboxylic acids is 8. The Morgan fingerprint density at radius 3 is 1.52 bits per heavy atom. The maximum atomic E-state index is 13.8. The Morgan fingerprint density at radius 2 is 1.08 bits per heavy atom. The Bertz CT molecular complexity index is 1510. The molecule has 21 nitrogen and oxygen atoms in total. The van der Waals surface area contributed by atoms with Crippen LogP contribution in [-0.2, 0) is 43.2 Å². The molecule has 0 aliphatic heterocycles. The molecule has 21 heteroatoms. The highest BCUT2D eigenvalue weighted by Crippen LogP contribution is 2.23. The van der Waals surface area contributed by atoms with Crippen molar-refractivity contribution in [3.8, 4) is 0 Å². The summed E-state index contributed by atoms with van der Waals surface area (Å²) in [7, 11) is 0. The third-order valence-corrected chi connectivity index (χ3v) is 10.4. The van der Waals surface area contributed by atoms with Gasteiger partial charge in [-0.3, -0.25) is 38.4 Å². The molecule has 0 saturated carbocycles. The smallest absolute Gasteiger partial charge is 0.326 e. The average molecular weight is 872 g/mol. The first kappa shape index (κ1) is 56.1. The zero-order valence-corrected chi connectivity index (χ0v) is 37.3. The number of rotatable bonds is 29. The Hall–Kier alpha value is -4.89. The lowest BCUT2D eigenvalue weighted by Crippen LogP contribution is -2.60. The summed E-state index contributed by atoms with van der Waals surface area (Å²) in [6.07, 6.45) is -2.52. The number of aliphatic hydroxyl groups excluding tert-OH is 2. The molecule has 0 spiro atoms. The van der Waals surface area contributed by atoms with Crippen molar-refractivity contribution in [1.82, 2.24) is 31.9 Å². The number of aliphatic hydroxyl groups is 2. The van der Waals surface area contributed by atoms with Crippen molar-refractivity contribution in [2.24, 2.45) is 52.7 Å². The number of carboxylic acids is 1. The molecule has 0 heterocycles. The maximum absolute atomic E-state index is 13.8. The lowest BCUT2D eigenvalue weighted by atomic mass is 9.85. The van der Waals surface area contributed by atoms with Crippen LogP contribution in [-0.4, -0.2) is 124 Å². The van der Waals surface area contributed by atoms with Gasteiger partial charge in [-0.1, -0.05) is 75.7 Å². The summed E-state index contributed by atoms with van der Waals surface area (Å²) in [5.41, 5.74) is 16.6. The van der Waals surface area contributed by atoms with Crippen LogP contribution < -0.4 is 49.1 Å². The van der Waals surface area contributed by atoms with Crippen molar-refractivity contribution >= 4 is 53.2 Å². The van der Waals surface area contributed by atoms with Crippen LogP contribution in [0.2, 0.25) is 0 Å². The van der Waals surface area contributed by atoms with Gasteiger partial charge in [-0.25, -0.2) is 4.79 Å². The molecule has 10 atom stereocenters. The average Bonchev–Trinajstić information content (AvgIpc) is 3.15. The van der Waals surface area contributed by atoms with Gasteiger partial charge in [0.05, 0.1) is 31.2 Å². The van der Waals surface area contributed by atoms with Crippen LogP contribution in [0.1, 0.15) is 108 Å². The van der Waals surface area contributed by atoms with Gasteiger partial charge in [-0.2, -0.15) is 0 Å². The van der Waals surface area contributed by atoms with Crippen LogP contribution >= 0.6 is 0 Å². The quantitative estimate of drug-likeness (QED) is 0.0383. The fraction of sp³-hybridized carbons (Fsp3) is 0.775. The van der Waals surface area contributed by atoms with Gasteiger partial charge in [-0.15, -0.1) is 0 Å². The number of carbonyl (C=O) groups is 9. The van der Waals surface area contributed by atoms with Gasteiger partial charge in [0.2, 0.25) is 47.3 Å². The van der Waals surface area contributed by atoms with Gasteiger partial charge in [0.25, 0.3) is 0 Å². The number of nitrogens with two attached hydrogens (primary N) is 3. The van der Waals surface area contributed by atoms with Crippen molar-refractivity contribution in [3.05, 3.63) is 0 Å². The van der Waals surface area contributed by atoms with E-state index in [1.54, 1.807) is 48.5 Å². The zero-order chi connectivity index (χ0) is 47.5. The second-order valence-corrected chi connectivity index (χ2v) is 17.1. The van der Waals surface area contributed by atoms with Crippen LogP contribution in [0.3, 0.4) is 0 Å². The normalized spacial score (nSPS) is 16.5. The highest BCUT2D eigenvalue weighted by atomic mass is 16.4. The van der Waals surface area contributed by atoms with Crippen LogP contribution in [0.15, 0.2) is 0 Å². The van der Waals surface area contributed by atoms with Crippen molar-refractivity contribution in [3.63, 3.8) is 0 Å². The Balaban J connectivity index is 6.44. The molecule has 0 bridgehead atoms. The number of hydrogen-bond acceptors (Lipinski definition) is 12. The Labute approximate surface area is 358 Å². The number of nitrogens with one attached hydrogen (secondary N) is 6.